The minimum Gasteiger partial charge on any atom is -0.483 e. The molecule has 2 aromatic carbocycles. The number of unbranched alkanes of at least 4 members (excludes halogenated alkanes) is 1. The number of ether oxygens (including phenoxy) is 2. The van der Waals surface area contributed by atoms with Crippen LogP contribution in [0.5, 0.6) is 5.75 Å². The molecule has 1 heterocycles. The second-order valence-electron chi connectivity index (χ2n) is 10.3. The maximum Gasteiger partial charge on any atom is 0.312 e. The highest BCUT2D eigenvalue weighted by Crippen LogP contribution is 2.43. The number of hydrogen-bond donors (Lipinski definition) is 1. The smallest absolute Gasteiger partial charge is 0.312 e. The van der Waals surface area contributed by atoms with E-state index in [0.717, 1.165) is 36.0 Å². The molecular weight excluding hydrogens is 498 g/mol. The van der Waals surface area contributed by atoms with Crippen molar-refractivity contribution in [3.63, 3.8) is 0 Å². The lowest BCUT2D eigenvalue weighted by Gasteiger charge is -2.21. The van der Waals surface area contributed by atoms with Crippen LogP contribution in [0.25, 0.3) is 0 Å². The van der Waals surface area contributed by atoms with E-state index in [1.165, 1.54) is 22.9 Å². The third-order valence-corrected chi connectivity index (χ3v) is 8.87. The number of ketones is 1. The highest BCUT2D eigenvalue weighted by atomic mass is 32.2. The fourth-order valence-electron chi connectivity index (χ4n) is 5.28. The van der Waals surface area contributed by atoms with E-state index >= 15 is 0 Å². The molecule has 7 heteroatoms. The molecule has 6 nitrogen and oxygen atoms in total. The molecule has 0 radical (unpaired) electrons. The molecule has 206 valence electrons. The first-order valence-corrected chi connectivity index (χ1v) is 14.5. The van der Waals surface area contributed by atoms with E-state index < -0.39 is 11.3 Å². The number of carbonyl (C=O) groups excluding carboxylic acids is 3. The SMILES string of the molecule is CCOC(=O)C1C(NC(=O)COc2c(C)cc(C)cc2C)SC(C(=O)CCCCc2ccccc2C)C1C. The van der Waals surface area contributed by atoms with E-state index in [-0.39, 0.29) is 42.0 Å². The first-order valence-electron chi connectivity index (χ1n) is 13.5. The number of nitrogens with one attached hydrogen (secondary N) is 1. The second-order valence-corrected chi connectivity index (χ2v) is 11.6. The molecular formula is C31H41NO5S. The van der Waals surface area contributed by atoms with E-state index in [9.17, 15) is 14.4 Å². The van der Waals surface area contributed by atoms with Crippen LogP contribution >= 0.6 is 11.8 Å². The third-order valence-electron chi connectivity index (χ3n) is 7.18. The van der Waals surface area contributed by atoms with Crippen LogP contribution in [0.15, 0.2) is 36.4 Å². The molecule has 1 amide bonds. The lowest BCUT2D eigenvalue weighted by Crippen LogP contribution is -2.43. The zero-order valence-corrected chi connectivity index (χ0v) is 24.3. The van der Waals surface area contributed by atoms with E-state index in [0.29, 0.717) is 12.2 Å². The van der Waals surface area contributed by atoms with Crippen LogP contribution in [-0.2, 0) is 25.5 Å². The van der Waals surface area contributed by atoms with Gasteiger partial charge in [-0.25, -0.2) is 0 Å². The van der Waals surface area contributed by atoms with Crippen molar-refractivity contribution in [3.8, 4) is 5.75 Å². The van der Waals surface area contributed by atoms with Gasteiger partial charge < -0.3 is 14.8 Å². The molecule has 1 N–H and O–H groups in total. The van der Waals surface area contributed by atoms with Crippen LogP contribution in [0, 0.1) is 39.5 Å². The Morgan fingerprint density at radius 1 is 0.974 bits per heavy atom. The number of thioether (sulfide) groups is 1. The molecule has 1 fully saturated rings. The highest BCUT2D eigenvalue weighted by Gasteiger charge is 2.49. The summed E-state index contributed by atoms with van der Waals surface area (Å²) in [4.78, 5) is 38.9. The normalized spacial score (nSPS) is 20.7. The summed E-state index contributed by atoms with van der Waals surface area (Å²) in [6, 6.07) is 12.4. The van der Waals surface area contributed by atoms with Crippen molar-refractivity contribution in [2.24, 2.45) is 11.8 Å². The number of Topliss-reactive ketones (excluding diaryl/α,β-unsaturated/α-hetero) is 1. The van der Waals surface area contributed by atoms with Crippen molar-refractivity contribution in [3.05, 3.63) is 64.2 Å². The number of benzene rings is 2. The molecule has 38 heavy (non-hydrogen) atoms. The van der Waals surface area contributed by atoms with Crippen LogP contribution in [0.3, 0.4) is 0 Å². The Morgan fingerprint density at radius 2 is 1.66 bits per heavy atom. The molecule has 0 bridgehead atoms. The Labute approximate surface area is 231 Å². The van der Waals surface area contributed by atoms with Gasteiger partial charge in [-0.2, -0.15) is 0 Å². The number of rotatable bonds is 12. The molecule has 0 aliphatic carbocycles. The minimum atomic E-state index is -0.590. The fourth-order valence-corrected chi connectivity index (χ4v) is 7.01. The van der Waals surface area contributed by atoms with Gasteiger partial charge in [-0.1, -0.05) is 48.9 Å². The van der Waals surface area contributed by atoms with Gasteiger partial charge in [0.15, 0.2) is 6.61 Å². The molecule has 0 spiro atoms. The Bertz CT molecular complexity index is 1120. The number of hydrogen-bond acceptors (Lipinski definition) is 6. The van der Waals surface area contributed by atoms with E-state index in [1.54, 1.807) is 6.92 Å². The molecule has 1 aliphatic rings. The standard InChI is InChI=1S/C31H41NO5S/c1-7-36-31(35)27-23(6)29(25(33)15-11-10-14-24-13-9-8-12-20(24)3)38-30(27)32-26(34)18-37-28-21(4)16-19(2)17-22(28)5/h8-9,12-13,16-17,23,27,29-30H,7,10-11,14-15,18H2,1-6H3,(H,32,34). The van der Waals surface area contributed by atoms with Crippen molar-refractivity contribution in [2.75, 3.05) is 13.2 Å². The van der Waals surface area contributed by atoms with E-state index in [4.69, 9.17) is 9.47 Å². The quantitative estimate of drug-likeness (QED) is 0.277. The van der Waals surface area contributed by atoms with Crippen LogP contribution in [0.1, 0.15) is 60.9 Å². The summed E-state index contributed by atoms with van der Waals surface area (Å²) in [7, 11) is 0. The molecule has 4 unspecified atom stereocenters. The summed E-state index contributed by atoms with van der Waals surface area (Å²) in [6.45, 7) is 11.8. The summed E-state index contributed by atoms with van der Waals surface area (Å²) in [6.07, 6.45) is 3.12. The molecule has 0 saturated carbocycles. The summed E-state index contributed by atoms with van der Waals surface area (Å²) >= 11 is 1.37. The largest absolute Gasteiger partial charge is 0.483 e. The van der Waals surface area contributed by atoms with Crippen molar-refractivity contribution in [1.82, 2.24) is 5.32 Å². The molecule has 3 rings (SSSR count). The first kappa shape index (κ1) is 29.8. The van der Waals surface area contributed by atoms with Crippen molar-refractivity contribution >= 4 is 29.4 Å². The number of esters is 1. The topological polar surface area (TPSA) is 81.7 Å². The Morgan fingerprint density at radius 3 is 2.32 bits per heavy atom. The van der Waals surface area contributed by atoms with Crippen molar-refractivity contribution < 1.29 is 23.9 Å². The van der Waals surface area contributed by atoms with Crippen LogP contribution in [-0.4, -0.2) is 41.5 Å². The molecule has 2 aromatic rings. The van der Waals surface area contributed by atoms with Crippen molar-refractivity contribution in [2.45, 2.75) is 77.8 Å². The van der Waals surface area contributed by atoms with Crippen LogP contribution < -0.4 is 10.1 Å². The summed E-state index contributed by atoms with van der Waals surface area (Å²) in [5.74, 6) is -0.712. The summed E-state index contributed by atoms with van der Waals surface area (Å²) in [5.41, 5.74) is 5.66. The monoisotopic (exact) mass is 539 g/mol. The van der Waals surface area contributed by atoms with Gasteiger partial charge in [-0.15, -0.1) is 11.8 Å². The second kappa shape index (κ2) is 13.8. The molecule has 1 aliphatic heterocycles. The summed E-state index contributed by atoms with van der Waals surface area (Å²) in [5, 5.41) is 2.04. The predicted octanol–water partition coefficient (Wildman–Crippen LogP) is 5.65. The maximum atomic E-state index is 13.2. The van der Waals surface area contributed by atoms with Gasteiger partial charge in [0.2, 0.25) is 0 Å². The van der Waals surface area contributed by atoms with Crippen LogP contribution in [0.2, 0.25) is 0 Å². The van der Waals surface area contributed by atoms with Crippen LogP contribution in [0.4, 0.5) is 0 Å². The molecule has 4 atom stereocenters. The number of aryl methyl sites for hydroxylation is 5. The fraction of sp³-hybridized carbons (Fsp3) is 0.516. The Hall–Kier alpha value is -2.80. The van der Waals surface area contributed by atoms with Gasteiger partial charge >= 0.3 is 5.97 Å². The number of carbonyl (C=O) groups is 3. The lowest BCUT2D eigenvalue weighted by atomic mass is 9.88. The molecule has 0 aromatic heterocycles. The average Bonchev–Trinajstić information content (AvgIpc) is 3.17. The zero-order valence-electron chi connectivity index (χ0n) is 23.5. The van der Waals surface area contributed by atoms with E-state index in [2.05, 4.69) is 24.4 Å². The van der Waals surface area contributed by atoms with Gasteiger partial charge in [0.25, 0.3) is 5.91 Å². The highest BCUT2D eigenvalue weighted by molar-refractivity contribution is 8.01. The van der Waals surface area contributed by atoms with Gasteiger partial charge in [0, 0.05) is 6.42 Å². The van der Waals surface area contributed by atoms with Gasteiger partial charge in [-0.05, 0) is 82.1 Å². The van der Waals surface area contributed by atoms with Gasteiger partial charge in [0.05, 0.1) is 23.1 Å². The minimum absolute atomic E-state index is 0.125. The zero-order chi connectivity index (χ0) is 27.8. The Kier molecular flexibility index (Phi) is 10.8. The van der Waals surface area contributed by atoms with E-state index in [1.807, 2.05) is 52.0 Å². The average molecular weight is 540 g/mol. The Balaban J connectivity index is 1.59. The molecule has 1 saturated heterocycles. The maximum absolute atomic E-state index is 13.2. The van der Waals surface area contributed by atoms with Gasteiger partial charge in [-0.3, -0.25) is 14.4 Å². The summed E-state index contributed by atoms with van der Waals surface area (Å²) < 4.78 is 11.2. The van der Waals surface area contributed by atoms with Gasteiger partial charge in [0.1, 0.15) is 11.5 Å². The first-order chi connectivity index (χ1) is 18.1. The van der Waals surface area contributed by atoms with Crippen molar-refractivity contribution in [1.29, 1.82) is 0 Å². The lowest BCUT2D eigenvalue weighted by molar-refractivity contribution is -0.149. The predicted molar refractivity (Wildman–Crippen MR) is 152 cm³/mol. The third kappa shape index (κ3) is 7.62. The number of amides is 1.